The lowest BCUT2D eigenvalue weighted by atomic mass is 9.73. The standard InChI is InChI=1S/C20H29N3O4/c1-14(24)21-19(2)9-13-27-20(18(19)26)7-11-22(12-8-20)17(25)16-4-3-10-23(16)15-5-6-15/h3-4,10,15,18,26H,5-9,11-13H2,1-2H3,(H,21,24)/t18-,19+/m0/s1. The first kappa shape index (κ1) is 18.5. The van der Waals surface area contributed by atoms with Crippen LogP contribution in [0.2, 0.25) is 0 Å². The Morgan fingerprint density at radius 2 is 1.96 bits per heavy atom. The van der Waals surface area contributed by atoms with Crippen molar-refractivity contribution in [2.45, 2.75) is 69.2 Å². The fourth-order valence-electron chi connectivity index (χ4n) is 4.71. The number of likely N-dealkylation sites (tertiary alicyclic amines) is 1. The normalized spacial score (nSPS) is 30.3. The molecule has 3 aliphatic rings. The van der Waals surface area contributed by atoms with Crippen LogP contribution in [-0.4, -0.2) is 63.3 Å². The molecular weight excluding hydrogens is 346 g/mol. The first-order valence-electron chi connectivity index (χ1n) is 9.92. The van der Waals surface area contributed by atoms with Crippen LogP contribution < -0.4 is 5.32 Å². The summed E-state index contributed by atoms with van der Waals surface area (Å²) in [7, 11) is 0. The minimum Gasteiger partial charge on any atom is -0.388 e. The first-order valence-corrected chi connectivity index (χ1v) is 9.92. The van der Waals surface area contributed by atoms with Crippen LogP contribution in [0.25, 0.3) is 0 Å². The van der Waals surface area contributed by atoms with Crippen LogP contribution in [-0.2, 0) is 9.53 Å². The largest absolute Gasteiger partial charge is 0.388 e. The third-order valence-corrected chi connectivity index (χ3v) is 6.41. The number of carbonyl (C=O) groups excluding carboxylic acids is 2. The fourth-order valence-corrected chi connectivity index (χ4v) is 4.71. The quantitative estimate of drug-likeness (QED) is 0.838. The van der Waals surface area contributed by atoms with Crippen molar-refractivity contribution < 1.29 is 19.4 Å². The number of carbonyl (C=O) groups is 2. The Morgan fingerprint density at radius 3 is 2.59 bits per heavy atom. The summed E-state index contributed by atoms with van der Waals surface area (Å²) in [4.78, 5) is 26.4. The lowest BCUT2D eigenvalue weighted by molar-refractivity contribution is -0.205. The molecule has 1 aromatic rings. The number of rotatable bonds is 3. The van der Waals surface area contributed by atoms with Gasteiger partial charge in [-0.2, -0.15) is 0 Å². The zero-order chi connectivity index (χ0) is 19.2. The van der Waals surface area contributed by atoms with Crippen molar-refractivity contribution >= 4 is 11.8 Å². The molecule has 148 valence electrons. The number of nitrogens with one attached hydrogen (secondary N) is 1. The topological polar surface area (TPSA) is 83.8 Å². The van der Waals surface area contributed by atoms with Gasteiger partial charge in [-0.05, 0) is 51.2 Å². The summed E-state index contributed by atoms with van der Waals surface area (Å²) in [5.41, 5.74) is -0.650. The lowest BCUT2D eigenvalue weighted by Gasteiger charge is -2.53. The SMILES string of the molecule is CC(=O)N[C@]1(C)CCOC2(CCN(C(=O)c3cccn3C3CC3)CC2)[C@H]1O. The Bertz CT molecular complexity index is 733. The highest BCUT2D eigenvalue weighted by Gasteiger charge is 2.54. The number of piperidine rings is 1. The van der Waals surface area contributed by atoms with Gasteiger partial charge in [0, 0.05) is 38.9 Å². The highest BCUT2D eigenvalue weighted by atomic mass is 16.5. The number of aliphatic hydroxyl groups excluding tert-OH is 1. The van der Waals surface area contributed by atoms with Gasteiger partial charge < -0.3 is 24.6 Å². The lowest BCUT2D eigenvalue weighted by Crippen LogP contribution is -2.69. The molecule has 27 heavy (non-hydrogen) atoms. The molecule has 1 saturated carbocycles. The van der Waals surface area contributed by atoms with E-state index >= 15 is 0 Å². The predicted octanol–water partition coefficient (Wildman–Crippen LogP) is 1.47. The fraction of sp³-hybridized carbons (Fsp3) is 0.700. The molecule has 0 aromatic carbocycles. The molecule has 0 unspecified atom stereocenters. The molecule has 7 heteroatoms. The molecule has 2 aliphatic heterocycles. The van der Waals surface area contributed by atoms with Gasteiger partial charge in [0.25, 0.3) is 5.91 Å². The van der Waals surface area contributed by atoms with E-state index in [-0.39, 0.29) is 11.8 Å². The molecule has 2 saturated heterocycles. The van der Waals surface area contributed by atoms with Crippen molar-refractivity contribution in [3.05, 3.63) is 24.0 Å². The molecule has 3 heterocycles. The number of aliphatic hydroxyl groups is 1. The molecule has 0 bridgehead atoms. The summed E-state index contributed by atoms with van der Waals surface area (Å²) >= 11 is 0. The molecule has 4 rings (SSSR count). The van der Waals surface area contributed by atoms with Crippen LogP contribution in [0.5, 0.6) is 0 Å². The molecule has 1 spiro atoms. The van der Waals surface area contributed by atoms with Crippen molar-refractivity contribution in [1.82, 2.24) is 14.8 Å². The van der Waals surface area contributed by atoms with Gasteiger partial charge in [-0.1, -0.05) is 0 Å². The van der Waals surface area contributed by atoms with E-state index in [9.17, 15) is 14.7 Å². The van der Waals surface area contributed by atoms with Crippen LogP contribution >= 0.6 is 0 Å². The van der Waals surface area contributed by atoms with E-state index in [0.29, 0.717) is 45.0 Å². The van der Waals surface area contributed by atoms with E-state index in [2.05, 4.69) is 9.88 Å². The summed E-state index contributed by atoms with van der Waals surface area (Å²) in [6.45, 7) is 4.93. The Kier molecular flexibility index (Phi) is 4.55. The van der Waals surface area contributed by atoms with Crippen molar-refractivity contribution in [1.29, 1.82) is 0 Å². The van der Waals surface area contributed by atoms with Crippen LogP contribution in [0.15, 0.2) is 18.3 Å². The minimum atomic E-state index is -0.796. The Hall–Kier alpha value is -1.86. The number of ether oxygens (including phenoxy) is 1. The molecule has 3 fully saturated rings. The Balaban J connectivity index is 1.45. The van der Waals surface area contributed by atoms with Crippen molar-refractivity contribution in [3.63, 3.8) is 0 Å². The third kappa shape index (κ3) is 3.27. The number of hydrogen-bond acceptors (Lipinski definition) is 4. The van der Waals surface area contributed by atoms with Crippen LogP contribution in [0.3, 0.4) is 0 Å². The summed E-state index contributed by atoms with van der Waals surface area (Å²) in [5, 5.41) is 13.9. The monoisotopic (exact) mass is 375 g/mol. The Labute approximate surface area is 159 Å². The first-order chi connectivity index (χ1) is 12.8. The van der Waals surface area contributed by atoms with Gasteiger partial charge in [-0.15, -0.1) is 0 Å². The molecule has 2 atom stereocenters. The maximum atomic E-state index is 13.0. The summed E-state index contributed by atoms with van der Waals surface area (Å²) in [6, 6.07) is 4.30. The van der Waals surface area contributed by atoms with Gasteiger partial charge in [0.05, 0.1) is 11.1 Å². The second-order valence-electron chi connectivity index (χ2n) is 8.49. The van der Waals surface area contributed by atoms with E-state index < -0.39 is 17.2 Å². The molecule has 1 aromatic heterocycles. The number of amides is 2. The van der Waals surface area contributed by atoms with E-state index in [1.54, 1.807) is 0 Å². The van der Waals surface area contributed by atoms with E-state index in [1.165, 1.54) is 6.92 Å². The third-order valence-electron chi connectivity index (χ3n) is 6.41. The van der Waals surface area contributed by atoms with Gasteiger partial charge in [-0.25, -0.2) is 0 Å². The predicted molar refractivity (Wildman–Crippen MR) is 99.4 cm³/mol. The molecule has 2 amide bonds. The van der Waals surface area contributed by atoms with Crippen molar-refractivity contribution in [2.75, 3.05) is 19.7 Å². The average molecular weight is 375 g/mol. The van der Waals surface area contributed by atoms with E-state index in [0.717, 1.165) is 18.5 Å². The van der Waals surface area contributed by atoms with Crippen molar-refractivity contribution in [3.8, 4) is 0 Å². The maximum Gasteiger partial charge on any atom is 0.270 e. The molecule has 1 aliphatic carbocycles. The number of hydrogen-bond donors (Lipinski definition) is 2. The highest BCUT2D eigenvalue weighted by Crippen LogP contribution is 2.41. The second-order valence-corrected chi connectivity index (χ2v) is 8.49. The Morgan fingerprint density at radius 1 is 1.26 bits per heavy atom. The van der Waals surface area contributed by atoms with E-state index in [1.807, 2.05) is 30.2 Å². The van der Waals surface area contributed by atoms with Gasteiger partial charge in [-0.3, -0.25) is 9.59 Å². The molecule has 7 nitrogen and oxygen atoms in total. The van der Waals surface area contributed by atoms with Gasteiger partial charge in [0.1, 0.15) is 11.8 Å². The maximum absolute atomic E-state index is 13.0. The molecule has 2 N–H and O–H groups in total. The minimum absolute atomic E-state index is 0.0525. The molecule has 0 radical (unpaired) electrons. The number of nitrogens with zero attached hydrogens (tertiary/aromatic N) is 2. The van der Waals surface area contributed by atoms with Crippen LogP contribution in [0, 0.1) is 0 Å². The van der Waals surface area contributed by atoms with E-state index in [4.69, 9.17) is 4.74 Å². The average Bonchev–Trinajstić information content (AvgIpc) is 3.36. The van der Waals surface area contributed by atoms with Gasteiger partial charge in [0.2, 0.25) is 5.91 Å². The summed E-state index contributed by atoms with van der Waals surface area (Å²) in [5.74, 6) is -0.0984. The number of aromatic nitrogens is 1. The van der Waals surface area contributed by atoms with Crippen LogP contribution in [0.1, 0.15) is 62.5 Å². The summed E-state index contributed by atoms with van der Waals surface area (Å²) in [6.07, 6.45) is 5.18. The molecular formula is C20H29N3O4. The van der Waals surface area contributed by atoms with Gasteiger partial charge >= 0.3 is 0 Å². The zero-order valence-corrected chi connectivity index (χ0v) is 16.1. The van der Waals surface area contributed by atoms with Crippen LogP contribution in [0.4, 0.5) is 0 Å². The zero-order valence-electron chi connectivity index (χ0n) is 16.1. The second kappa shape index (κ2) is 6.63. The smallest absolute Gasteiger partial charge is 0.270 e. The van der Waals surface area contributed by atoms with Gasteiger partial charge in [0.15, 0.2) is 0 Å². The highest BCUT2D eigenvalue weighted by molar-refractivity contribution is 5.93. The van der Waals surface area contributed by atoms with Crippen molar-refractivity contribution in [2.24, 2.45) is 0 Å². The summed E-state index contributed by atoms with van der Waals surface area (Å²) < 4.78 is 8.13.